The van der Waals surface area contributed by atoms with Crippen LogP contribution in [0, 0.1) is 11.6 Å². The number of aromatic nitrogens is 2. The average molecular weight is 536 g/mol. The van der Waals surface area contributed by atoms with Gasteiger partial charge in [0.15, 0.2) is 0 Å². The molecule has 4 bridgehead atoms. The molecule has 2 aromatic heterocycles. The zero-order valence-electron chi connectivity index (χ0n) is 20.0. The van der Waals surface area contributed by atoms with Crippen LogP contribution >= 0.6 is 0 Å². The summed E-state index contributed by atoms with van der Waals surface area (Å²) < 4.78 is 55.6. The van der Waals surface area contributed by atoms with Crippen molar-refractivity contribution in [1.82, 2.24) is 9.97 Å². The Morgan fingerprint density at radius 2 is 1.92 bits per heavy atom. The molecule has 13 heteroatoms. The standard InChI is InChI=1S/C21H19F2N3O3S.C3H8N2O2/c1-30(27)12-13-7-20-25-19-10-16(17(23)11-24-19)15-4-3-14(22)9-18(15)28-5-2-6-29-21(8-13)26-20;4-1-2-7-3(5)6/h3-4,7-11H,2,5-6,12H2,1H3,(H,24,25,26);1-2,4H2,(H2,5,6). The summed E-state index contributed by atoms with van der Waals surface area (Å²) >= 11 is 0. The third-order valence-corrected chi connectivity index (χ3v) is 5.48. The highest BCUT2D eigenvalue weighted by Gasteiger charge is 2.15. The van der Waals surface area contributed by atoms with E-state index in [0.29, 0.717) is 48.4 Å². The van der Waals surface area contributed by atoms with Gasteiger partial charge in [0, 0.05) is 59.0 Å². The summed E-state index contributed by atoms with van der Waals surface area (Å²) in [4.78, 5) is 18.2. The molecule has 1 unspecified atom stereocenters. The number of primary amides is 1. The van der Waals surface area contributed by atoms with Crippen LogP contribution in [0.15, 0.2) is 42.6 Å². The van der Waals surface area contributed by atoms with Crippen LogP contribution in [-0.4, -0.2) is 52.9 Å². The summed E-state index contributed by atoms with van der Waals surface area (Å²) in [6, 6.07) is 8.95. The number of carbonyl (C=O) groups excluding carboxylic acids is 1. The van der Waals surface area contributed by atoms with Gasteiger partial charge in [0.05, 0.1) is 19.4 Å². The van der Waals surface area contributed by atoms with E-state index in [0.717, 1.165) is 11.8 Å². The van der Waals surface area contributed by atoms with Gasteiger partial charge < -0.3 is 31.0 Å². The van der Waals surface area contributed by atoms with E-state index in [2.05, 4.69) is 25.8 Å². The monoisotopic (exact) mass is 535 g/mol. The number of pyridine rings is 2. The first-order valence-corrected chi connectivity index (χ1v) is 12.9. The number of amides is 1. The second kappa shape index (κ2) is 13.5. The van der Waals surface area contributed by atoms with Crippen LogP contribution < -0.4 is 26.3 Å². The van der Waals surface area contributed by atoms with Crippen molar-refractivity contribution in [2.45, 2.75) is 12.2 Å². The van der Waals surface area contributed by atoms with E-state index in [1.54, 1.807) is 18.4 Å². The average Bonchev–Trinajstić information content (AvgIpc) is 2.83. The Balaban J connectivity index is 0.000000479. The third-order valence-electron chi connectivity index (χ3n) is 4.74. The first-order valence-electron chi connectivity index (χ1n) is 11.2. The molecule has 3 aromatic rings. The molecule has 0 spiro atoms. The molecular formula is C24H27F2N5O5S. The number of hydrogen-bond donors (Lipinski definition) is 3. The minimum atomic E-state index is -1.04. The third kappa shape index (κ3) is 8.65. The van der Waals surface area contributed by atoms with E-state index >= 15 is 0 Å². The summed E-state index contributed by atoms with van der Waals surface area (Å²) in [6.45, 7) is 1.09. The van der Waals surface area contributed by atoms with Crippen LogP contribution in [0.3, 0.4) is 0 Å². The number of nitrogens with zero attached hydrogens (tertiary/aromatic N) is 2. The molecule has 0 aliphatic carbocycles. The van der Waals surface area contributed by atoms with Crippen molar-refractivity contribution in [3.8, 4) is 22.8 Å². The number of fused-ring (bicyclic) bond motifs is 6. The Labute approximate surface area is 214 Å². The predicted octanol–water partition coefficient (Wildman–Crippen LogP) is 3.25. The van der Waals surface area contributed by atoms with Crippen LogP contribution in [0.25, 0.3) is 11.1 Å². The van der Waals surface area contributed by atoms with Crippen molar-refractivity contribution in [1.29, 1.82) is 0 Å². The van der Waals surface area contributed by atoms with E-state index in [-0.39, 0.29) is 24.5 Å². The second-order valence-corrected chi connectivity index (χ2v) is 9.17. The zero-order valence-corrected chi connectivity index (χ0v) is 20.9. The molecule has 0 radical (unpaired) electrons. The van der Waals surface area contributed by atoms with E-state index in [1.165, 1.54) is 24.3 Å². The molecule has 1 atom stereocenters. The van der Waals surface area contributed by atoms with Gasteiger partial charge in [0.2, 0.25) is 5.88 Å². The number of hydrogen-bond acceptors (Lipinski definition) is 9. The lowest BCUT2D eigenvalue weighted by molar-refractivity contribution is 0.160. The van der Waals surface area contributed by atoms with Crippen LogP contribution in [0.2, 0.25) is 0 Å². The Bertz CT molecular complexity index is 1260. The number of carbonyl (C=O) groups is 1. The van der Waals surface area contributed by atoms with Crippen molar-refractivity contribution < 1.29 is 32.0 Å². The molecule has 37 heavy (non-hydrogen) atoms. The molecule has 10 nitrogen and oxygen atoms in total. The molecule has 1 amide bonds. The summed E-state index contributed by atoms with van der Waals surface area (Å²) in [5.74, 6) is 0.698. The van der Waals surface area contributed by atoms with Gasteiger partial charge in [-0.25, -0.2) is 18.6 Å². The Hall–Kier alpha value is -3.84. The number of nitrogens with two attached hydrogens (primary N) is 2. The van der Waals surface area contributed by atoms with Gasteiger partial charge >= 0.3 is 6.09 Å². The lowest BCUT2D eigenvalue weighted by Gasteiger charge is -2.16. The first-order chi connectivity index (χ1) is 17.7. The highest BCUT2D eigenvalue weighted by molar-refractivity contribution is 7.83. The molecule has 198 valence electrons. The summed E-state index contributed by atoms with van der Waals surface area (Å²) in [5, 5.41) is 3.04. The van der Waals surface area contributed by atoms with Gasteiger partial charge in [-0.1, -0.05) is 0 Å². The fraction of sp³-hybridized carbons (Fsp3) is 0.292. The topological polar surface area (TPSA) is 152 Å². The van der Waals surface area contributed by atoms with Gasteiger partial charge in [-0.2, -0.15) is 4.98 Å². The zero-order chi connectivity index (χ0) is 26.8. The lowest BCUT2D eigenvalue weighted by atomic mass is 10.0. The van der Waals surface area contributed by atoms with Gasteiger partial charge in [0.25, 0.3) is 0 Å². The van der Waals surface area contributed by atoms with E-state index in [1.807, 2.05) is 0 Å². The van der Waals surface area contributed by atoms with Crippen LogP contribution in [-0.2, 0) is 21.3 Å². The summed E-state index contributed by atoms with van der Waals surface area (Å²) in [5.41, 5.74) is 10.9. The van der Waals surface area contributed by atoms with Crippen molar-refractivity contribution in [3.63, 3.8) is 0 Å². The molecule has 1 aromatic carbocycles. The van der Waals surface area contributed by atoms with E-state index < -0.39 is 28.5 Å². The number of ether oxygens (including phenoxy) is 3. The van der Waals surface area contributed by atoms with Crippen LogP contribution in [0.4, 0.5) is 25.2 Å². The van der Waals surface area contributed by atoms with Crippen molar-refractivity contribution in [2.75, 3.05) is 37.9 Å². The van der Waals surface area contributed by atoms with Gasteiger partial charge in [-0.05, 0) is 29.8 Å². The van der Waals surface area contributed by atoms with Gasteiger partial charge in [-0.15, -0.1) is 0 Å². The molecule has 0 fully saturated rings. The molecule has 0 saturated heterocycles. The Morgan fingerprint density at radius 1 is 1.14 bits per heavy atom. The van der Waals surface area contributed by atoms with Crippen molar-refractivity contribution in [3.05, 3.63) is 59.8 Å². The summed E-state index contributed by atoms with van der Waals surface area (Å²) in [7, 11) is -1.04. The van der Waals surface area contributed by atoms with Crippen LogP contribution in [0.5, 0.6) is 11.6 Å². The van der Waals surface area contributed by atoms with E-state index in [4.69, 9.17) is 15.2 Å². The minimum Gasteiger partial charge on any atom is -0.493 e. The number of anilines is 2. The molecule has 1 aliphatic heterocycles. The quantitative estimate of drug-likeness (QED) is 0.457. The SMILES string of the molecule is CS(=O)Cc1cc2nc(c1)OCCCOc1cc(F)ccc1-c1cc(ncc1F)N2.NCCOC(N)=O. The normalized spacial score (nSPS) is 13.2. The Morgan fingerprint density at radius 3 is 2.62 bits per heavy atom. The molecule has 4 rings (SSSR count). The maximum atomic E-state index is 14.6. The lowest BCUT2D eigenvalue weighted by Crippen LogP contribution is -2.18. The molecule has 5 N–H and O–H groups in total. The molecular weight excluding hydrogens is 508 g/mol. The summed E-state index contributed by atoms with van der Waals surface area (Å²) in [6.07, 6.45) is 2.43. The highest BCUT2D eigenvalue weighted by Crippen LogP contribution is 2.34. The van der Waals surface area contributed by atoms with Crippen LogP contribution in [0.1, 0.15) is 12.0 Å². The van der Waals surface area contributed by atoms with Crippen molar-refractivity contribution in [2.24, 2.45) is 11.5 Å². The number of benzene rings is 1. The predicted molar refractivity (Wildman–Crippen MR) is 135 cm³/mol. The molecule has 3 heterocycles. The smallest absolute Gasteiger partial charge is 0.404 e. The maximum Gasteiger partial charge on any atom is 0.404 e. The largest absolute Gasteiger partial charge is 0.493 e. The molecule has 1 aliphatic rings. The van der Waals surface area contributed by atoms with Crippen molar-refractivity contribution >= 4 is 28.5 Å². The first kappa shape index (κ1) is 27.7. The number of rotatable bonds is 4. The number of nitrogens with one attached hydrogen (secondary N) is 1. The fourth-order valence-electron chi connectivity index (χ4n) is 3.28. The fourth-order valence-corrected chi connectivity index (χ4v) is 3.91. The second-order valence-electron chi connectivity index (χ2n) is 7.74. The maximum absolute atomic E-state index is 14.6. The van der Waals surface area contributed by atoms with Gasteiger partial charge in [0.1, 0.15) is 35.6 Å². The van der Waals surface area contributed by atoms with Gasteiger partial charge in [-0.3, -0.25) is 4.21 Å². The Kier molecular flexibility index (Phi) is 10.1. The van der Waals surface area contributed by atoms with E-state index in [9.17, 15) is 17.8 Å². The number of halogens is 2. The minimum absolute atomic E-state index is 0.204. The highest BCUT2D eigenvalue weighted by atomic mass is 32.2. The molecule has 0 saturated carbocycles.